The number of hydrogen-bond acceptors (Lipinski definition) is 4. The first-order valence-corrected chi connectivity index (χ1v) is 11.0. The topological polar surface area (TPSA) is 89.5 Å². The molecule has 0 bridgehead atoms. The average Bonchev–Trinajstić information content (AvgIpc) is 3.26. The number of carboxylic acid groups (broad SMARTS) is 1. The molecule has 2 heterocycles. The zero-order valence-corrected chi connectivity index (χ0v) is 19.0. The maximum atomic E-state index is 13.2. The lowest BCUT2D eigenvalue weighted by molar-refractivity contribution is 0.0697. The van der Waals surface area contributed by atoms with Crippen LogP contribution in [0.2, 0.25) is 0 Å². The molecule has 4 aromatic rings. The zero-order valence-electron chi connectivity index (χ0n) is 17.4. The Labute approximate surface area is 192 Å². The number of rotatable bonds is 7. The van der Waals surface area contributed by atoms with Crippen molar-refractivity contribution in [2.75, 3.05) is 0 Å². The van der Waals surface area contributed by atoms with Crippen molar-refractivity contribution in [2.45, 2.75) is 26.2 Å². The first kappa shape index (κ1) is 21.7. The fourth-order valence-corrected chi connectivity index (χ4v) is 3.79. The van der Waals surface area contributed by atoms with E-state index in [9.17, 15) is 9.59 Å². The van der Waals surface area contributed by atoms with E-state index in [0.29, 0.717) is 23.1 Å². The Balaban J connectivity index is 1.76. The van der Waals surface area contributed by atoms with Gasteiger partial charge in [-0.2, -0.15) is 9.78 Å². The van der Waals surface area contributed by atoms with Crippen molar-refractivity contribution in [3.8, 4) is 5.69 Å². The highest BCUT2D eigenvalue weighted by atomic mass is 79.9. The van der Waals surface area contributed by atoms with Crippen LogP contribution in [0, 0.1) is 0 Å². The normalized spacial score (nSPS) is 11.4. The monoisotopic (exact) mass is 492 g/mol. The van der Waals surface area contributed by atoms with E-state index in [1.165, 1.54) is 4.68 Å². The van der Waals surface area contributed by atoms with Gasteiger partial charge in [0.25, 0.3) is 5.56 Å². The molecule has 0 fully saturated rings. The van der Waals surface area contributed by atoms with Crippen molar-refractivity contribution in [1.82, 2.24) is 14.2 Å². The van der Waals surface area contributed by atoms with Crippen LogP contribution in [0.5, 0.6) is 0 Å². The molecule has 0 saturated heterocycles. The van der Waals surface area contributed by atoms with Gasteiger partial charge in [-0.1, -0.05) is 29.3 Å². The molecule has 162 valence electrons. The van der Waals surface area contributed by atoms with Crippen LogP contribution in [0.25, 0.3) is 16.6 Å². The second-order valence-corrected chi connectivity index (χ2v) is 8.23. The predicted molar refractivity (Wildman–Crippen MR) is 128 cm³/mol. The number of hydrogen-bond donors (Lipinski definition) is 1. The summed E-state index contributed by atoms with van der Waals surface area (Å²) >= 11 is 3.42. The van der Waals surface area contributed by atoms with Crippen LogP contribution in [-0.2, 0) is 6.42 Å². The molecule has 1 N–H and O–H groups in total. The fourth-order valence-electron chi connectivity index (χ4n) is 3.43. The smallest absolute Gasteiger partial charge is 0.335 e. The summed E-state index contributed by atoms with van der Waals surface area (Å²) in [6.45, 7) is 2.09. The van der Waals surface area contributed by atoms with Gasteiger partial charge in [-0.15, -0.1) is 0 Å². The predicted octanol–water partition coefficient (Wildman–Crippen LogP) is 4.87. The van der Waals surface area contributed by atoms with Crippen molar-refractivity contribution in [2.24, 2.45) is 5.10 Å². The summed E-state index contributed by atoms with van der Waals surface area (Å²) < 4.78 is 4.05. The summed E-state index contributed by atoms with van der Waals surface area (Å²) in [5.41, 5.74) is 2.19. The summed E-state index contributed by atoms with van der Waals surface area (Å²) in [5, 5.41) is 14.1. The Morgan fingerprint density at radius 3 is 2.69 bits per heavy atom. The fraction of sp³-hybridized carbons (Fsp3) is 0.167. The van der Waals surface area contributed by atoms with E-state index in [1.54, 1.807) is 36.5 Å². The summed E-state index contributed by atoms with van der Waals surface area (Å²) in [4.78, 5) is 29.0. The summed E-state index contributed by atoms with van der Waals surface area (Å²) in [6.07, 6.45) is 6.00. The molecule has 2 aromatic carbocycles. The maximum Gasteiger partial charge on any atom is 0.335 e. The molecule has 0 saturated carbocycles. The first-order chi connectivity index (χ1) is 15.5. The number of aryl methyl sites for hydroxylation is 1. The van der Waals surface area contributed by atoms with Crippen LogP contribution in [0.1, 0.15) is 41.6 Å². The molecule has 2 aromatic heterocycles. The minimum atomic E-state index is -0.972. The number of aromatic carboxylic acids is 1. The lowest BCUT2D eigenvalue weighted by atomic mass is 10.2. The van der Waals surface area contributed by atoms with Gasteiger partial charge in [0.15, 0.2) is 0 Å². The third kappa shape index (κ3) is 4.40. The molecule has 0 atom stereocenters. The number of carbonyl (C=O) groups is 1. The average molecular weight is 493 g/mol. The number of aromatic nitrogens is 3. The Kier molecular flexibility index (Phi) is 6.32. The Morgan fingerprint density at radius 1 is 1.19 bits per heavy atom. The van der Waals surface area contributed by atoms with Crippen LogP contribution in [0.3, 0.4) is 0 Å². The molecular formula is C24H21BrN4O3. The van der Waals surface area contributed by atoms with Crippen LogP contribution in [0.15, 0.2) is 75.2 Å². The van der Waals surface area contributed by atoms with Crippen molar-refractivity contribution >= 4 is 39.0 Å². The van der Waals surface area contributed by atoms with E-state index >= 15 is 0 Å². The van der Waals surface area contributed by atoms with Gasteiger partial charge in [0.05, 0.1) is 28.4 Å². The van der Waals surface area contributed by atoms with Crippen molar-refractivity contribution < 1.29 is 9.90 Å². The van der Waals surface area contributed by atoms with E-state index < -0.39 is 5.97 Å². The van der Waals surface area contributed by atoms with Gasteiger partial charge in [-0.05, 0) is 61.0 Å². The number of halogens is 1. The summed E-state index contributed by atoms with van der Waals surface area (Å²) in [6, 6.07) is 15.8. The van der Waals surface area contributed by atoms with Gasteiger partial charge >= 0.3 is 5.97 Å². The molecule has 0 spiro atoms. The molecule has 4 rings (SSSR count). The summed E-state index contributed by atoms with van der Waals surface area (Å²) in [5.74, 6) is -0.355. The number of carboxylic acids is 1. The minimum absolute atomic E-state index is 0.219. The lowest BCUT2D eigenvalue weighted by Gasteiger charge is -2.10. The molecular weight excluding hydrogens is 472 g/mol. The van der Waals surface area contributed by atoms with Crippen molar-refractivity contribution in [3.05, 3.63) is 92.7 Å². The highest BCUT2D eigenvalue weighted by Crippen LogP contribution is 2.17. The van der Waals surface area contributed by atoms with Crippen LogP contribution in [0.4, 0.5) is 0 Å². The van der Waals surface area contributed by atoms with Gasteiger partial charge < -0.3 is 9.67 Å². The Bertz CT molecular complexity index is 1370. The molecule has 0 amide bonds. The van der Waals surface area contributed by atoms with Crippen LogP contribution >= 0.6 is 15.9 Å². The molecule has 0 unspecified atom stereocenters. The maximum absolute atomic E-state index is 13.2. The van der Waals surface area contributed by atoms with Gasteiger partial charge in [0.2, 0.25) is 0 Å². The van der Waals surface area contributed by atoms with Gasteiger partial charge in [0.1, 0.15) is 5.82 Å². The number of benzene rings is 2. The molecule has 8 heteroatoms. The number of unbranched alkanes of at least 4 members (excludes halogenated alkanes) is 1. The minimum Gasteiger partial charge on any atom is -0.478 e. The van der Waals surface area contributed by atoms with E-state index in [4.69, 9.17) is 5.11 Å². The first-order valence-electron chi connectivity index (χ1n) is 10.2. The van der Waals surface area contributed by atoms with Gasteiger partial charge in [0, 0.05) is 22.8 Å². The van der Waals surface area contributed by atoms with Crippen LogP contribution in [-0.4, -0.2) is 31.5 Å². The highest BCUT2D eigenvalue weighted by Gasteiger charge is 2.11. The molecule has 0 aliphatic rings. The molecule has 32 heavy (non-hydrogen) atoms. The van der Waals surface area contributed by atoms with E-state index in [2.05, 4.69) is 32.9 Å². The number of fused-ring (bicyclic) bond motifs is 1. The SMILES string of the molecule is CCCCc1nc2ccc(Br)cc2c(=O)n1N=Cc1cccn1-c1ccc(C(=O)O)cc1. The van der Waals surface area contributed by atoms with Gasteiger partial charge in [-0.25, -0.2) is 9.78 Å². The molecule has 0 radical (unpaired) electrons. The lowest BCUT2D eigenvalue weighted by Crippen LogP contribution is -2.22. The molecule has 7 nitrogen and oxygen atoms in total. The van der Waals surface area contributed by atoms with Crippen molar-refractivity contribution in [3.63, 3.8) is 0 Å². The quantitative estimate of drug-likeness (QED) is 0.372. The zero-order chi connectivity index (χ0) is 22.7. The summed E-state index contributed by atoms with van der Waals surface area (Å²) in [7, 11) is 0. The second-order valence-electron chi connectivity index (χ2n) is 7.31. The van der Waals surface area contributed by atoms with E-state index in [-0.39, 0.29) is 11.1 Å². The molecule has 0 aliphatic heterocycles. The third-order valence-corrected chi connectivity index (χ3v) is 5.60. The Hall–Kier alpha value is -3.52. The van der Waals surface area contributed by atoms with E-state index in [0.717, 1.165) is 28.7 Å². The largest absolute Gasteiger partial charge is 0.478 e. The number of nitrogens with zero attached hydrogens (tertiary/aromatic N) is 4. The molecule has 0 aliphatic carbocycles. The van der Waals surface area contributed by atoms with Gasteiger partial charge in [-0.3, -0.25) is 4.79 Å². The van der Waals surface area contributed by atoms with Crippen LogP contribution < -0.4 is 5.56 Å². The van der Waals surface area contributed by atoms with E-state index in [1.807, 2.05) is 35.0 Å². The highest BCUT2D eigenvalue weighted by molar-refractivity contribution is 9.10. The third-order valence-electron chi connectivity index (χ3n) is 5.11. The second kappa shape index (κ2) is 9.32. The van der Waals surface area contributed by atoms with Crippen molar-refractivity contribution in [1.29, 1.82) is 0 Å². The standard InChI is InChI=1S/C24H21BrN4O3/c1-2-3-6-22-27-21-12-9-17(25)14-20(21)23(30)29(22)26-15-19-5-4-13-28(19)18-10-7-16(8-11-18)24(31)32/h4-5,7-15H,2-3,6H2,1H3,(H,31,32). The Morgan fingerprint density at radius 2 is 1.97 bits per heavy atom.